The Morgan fingerprint density at radius 1 is 1.39 bits per heavy atom. The van der Waals surface area contributed by atoms with Gasteiger partial charge in [-0.3, -0.25) is 4.79 Å². The minimum absolute atomic E-state index is 0.112. The topological polar surface area (TPSA) is 51.2 Å². The van der Waals surface area contributed by atoms with Gasteiger partial charge < -0.3 is 10.1 Å². The standard InChI is InChI=1S/C12H11ClN2O2S/c13-9-1-3-10(4-2-9)17-7-5-11(16)15-12-14-6-8-18-12/h1-4,6,8H,5,7H2,(H,14,15,16). The molecule has 0 aliphatic rings. The van der Waals surface area contributed by atoms with Gasteiger partial charge in [-0.25, -0.2) is 4.98 Å². The van der Waals surface area contributed by atoms with Crippen LogP contribution in [0.2, 0.25) is 5.02 Å². The van der Waals surface area contributed by atoms with E-state index in [1.807, 2.05) is 0 Å². The lowest BCUT2D eigenvalue weighted by atomic mass is 10.3. The van der Waals surface area contributed by atoms with Crippen LogP contribution in [0.15, 0.2) is 35.8 Å². The van der Waals surface area contributed by atoms with Crippen LogP contribution in [0, 0.1) is 0 Å². The molecule has 1 aromatic carbocycles. The van der Waals surface area contributed by atoms with Gasteiger partial charge in [-0.15, -0.1) is 11.3 Å². The molecule has 0 aliphatic carbocycles. The number of rotatable bonds is 5. The number of aromatic nitrogens is 1. The third-order valence-corrected chi connectivity index (χ3v) is 3.03. The molecule has 0 fully saturated rings. The number of carbonyl (C=O) groups excluding carboxylic acids is 1. The molecule has 18 heavy (non-hydrogen) atoms. The summed E-state index contributed by atoms with van der Waals surface area (Å²) in [6.45, 7) is 0.318. The van der Waals surface area contributed by atoms with Gasteiger partial charge in [-0.05, 0) is 24.3 Å². The summed E-state index contributed by atoms with van der Waals surface area (Å²) < 4.78 is 5.41. The predicted octanol–water partition coefficient (Wildman–Crippen LogP) is 3.20. The van der Waals surface area contributed by atoms with Gasteiger partial charge >= 0.3 is 0 Å². The zero-order chi connectivity index (χ0) is 12.8. The van der Waals surface area contributed by atoms with E-state index in [4.69, 9.17) is 16.3 Å². The van der Waals surface area contributed by atoms with Crippen LogP contribution in [0.5, 0.6) is 5.75 Å². The summed E-state index contributed by atoms with van der Waals surface area (Å²) in [6, 6.07) is 7.02. The van der Waals surface area contributed by atoms with Gasteiger partial charge in [0.25, 0.3) is 0 Å². The van der Waals surface area contributed by atoms with E-state index < -0.39 is 0 Å². The lowest BCUT2D eigenvalue weighted by Gasteiger charge is -2.05. The number of amides is 1. The quantitative estimate of drug-likeness (QED) is 0.916. The average Bonchev–Trinajstić information content (AvgIpc) is 2.84. The van der Waals surface area contributed by atoms with Crippen LogP contribution < -0.4 is 10.1 Å². The Morgan fingerprint density at radius 3 is 2.83 bits per heavy atom. The van der Waals surface area contributed by atoms with Gasteiger partial charge in [-0.1, -0.05) is 11.6 Å². The third-order valence-electron chi connectivity index (χ3n) is 2.09. The van der Waals surface area contributed by atoms with Gasteiger partial charge in [0.15, 0.2) is 5.13 Å². The minimum atomic E-state index is -0.112. The fraction of sp³-hybridized carbons (Fsp3) is 0.167. The summed E-state index contributed by atoms with van der Waals surface area (Å²) in [5.74, 6) is 0.584. The monoisotopic (exact) mass is 282 g/mol. The molecule has 1 N–H and O–H groups in total. The SMILES string of the molecule is O=C(CCOc1ccc(Cl)cc1)Nc1nccs1. The van der Waals surface area contributed by atoms with Crippen molar-refractivity contribution in [2.24, 2.45) is 0 Å². The van der Waals surface area contributed by atoms with Crippen LogP contribution in [0.3, 0.4) is 0 Å². The van der Waals surface area contributed by atoms with Crippen LogP contribution >= 0.6 is 22.9 Å². The summed E-state index contributed by atoms with van der Waals surface area (Å²) in [6.07, 6.45) is 1.92. The number of anilines is 1. The van der Waals surface area contributed by atoms with Crippen LogP contribution in [-0.2, 0) is 4.79 Å². The maximum absolute atomic E-state index is 11.5. The molecule has 0 radical (unpaired) electrons. The van der Waals surface area contributed by atoms with Crippen LogP contribution in [0.25, 0.3) is 0 Å². The predicted molar refractivity (Wildman–Crippen MR) is 72.3 cm³/mol. The first-order valence-corrected chi connectivity index (χ1v) is 6.57. The molecular formula is C12H11ClN2O2S. The minimum Gasteiger partial charge on any atom is -0.493 e. The Morgan fingerprint density at radius 2 is 2.17 bits per heavy atom. The normalized spacial score (nSPS) is 10.1. The van der Waals surface area contributed by atoms with Crippen molar-refractivity contribution in [3.63, 3.8) is 0 Å². The summed E-state index contributed by atoms with van der Waals surface area (Å²) in [7, 11) is 0. The smallest absolute Gasteiger partial charge is 0.229 e. The highest BCUT2D eigenvalue weighted by atomic mass is 35.5. The van der Waals surface area contributed by atoms with Gasteiger partial charge in [0.1, 0.15) is 5.75 Å². The van der Waals surface area contributed by atoms with Crippen molar-refractivity contribution in [2.75, 3.05) is 11.9 Å². The lowest BCUT2D eigenvalue weighted by Crippen LogP contribution is -2.14. The van der Waals surface area contributed by atoms with E-state index in [0.29, 0.717) is 22.5 Å². The second kappa shape index (κ2) is 6.37. The maximum Gasteiger partial charge on any atom is 0.229 e. The molecule has 1 amide bonds. The number of halogens is 1. The molecule has 0 spiro atoms. The highest BCUT2D eigenvalue weighted by molar-refractivity contribution is 7.13. The highest BCUT2D eigenvalue weighted by Crippen LogP contribution is 2.15. The van der Waals surface area contributed by atoms with Gasteiger partial charge in [0.05, 0.1) is 13.0 Å². The van der Waals surface area contributed by atoms with E-state index in [1.165, 1.54) is 11.3 Å². The molecule has 0 unspecified atom stereocenters. The number of thiazole rings is 1. The van der Waals surface area contributed by atoms with Gasteiger partial charge in [0, 0.05) is 16.6 Å². The molecule has 1 aromatic heterocycles. The summed E-state index contributed by atoms with van der Waals surface area (Å²) in [4.78, 5) is 15.5. The molecule has 1 heterocycles. The summed E-state index contributed by atoms with van der Waals surface area (Å²) >= 11 is 7.13. The Kier molecular flexibility index (Phi) is 4.55. The van der Waals surface area contributed by atoms with Gasteiger partial charge in [-0.2, -0.15) is 0 Å². The first-order valence-electron chi connectivity index (χ1n) is 5.32. The Labute approximate surface area is 114 Å². The Balaban J connectivity index is 1.72. The van der Waals surface area contributed by atoms with Crippen LogP contribution in [0.4, 0.5) is 5.13 Å². The fourth-order valence-corrected chi connectivity index (χ4v) is 1.93. The van der Waals surface area contributed by atoms with E-state index in [9.17, 15) is 4.79 Å². The second-order valence-electron chi connectivity index (χ2n) is 3.44. The fourth-order valence-electron chi connectivity index (χ4n) is 1.26. The van der Waals surface area contributed by atoms with Crippen LogP contribution in [-0.4, -0.2) is 17.5 Å². The molecule has 0 saturated heterocycles. The van der Waals surface area contributed by atoms with Crippen molar-refractivity contribution in [3.05, 3.63) is 40.9 Å². The molecule has 6 heteroatoms. The third kappa shape index (κ3) is 4.01. The number of hydrogen-bond donors (Lipinski definition) is 1. The number of carbonyl (C=O) groups is 1. The van der Waals surface area contributed by atoms with Crippen molar-refractivity contribution in [3.8, 4) is 5.75 Å². The van der Waals surface area contributed by atoms with Crippen molar-refractivity contribution >= 4 is 34.0 Å². The molecule has 94 valence electrons. The largest absolute Gasteiger partial charge is 0.493 e. The van der Waals surface area contributed by atoms with Crippen molar-refractivity contribution in [2.45, 2.75) is 6.42 Å². The molecule has 0 atom stereocenters. The van der Waals surface area contributed by atoms with E-state index in [-0.39, 0.29) is 12.3 Å². The molecule has 0 saturated carbocycles. The molecule has 2 rings (SSSR count). The molecule has 0 bridgehead atoms. The number of benzene rings is 1. The van der Waals surface area contributed by atoms with Gasteiger partial charge in [0.2, 0.25) is 5.91 Å². The lowest BCUT2D eigenvalue weighted by molar-refractivity contribution is -0.116. The summed E-state index contributed by atoms with van der Waals surface area (Å²) in [5.41, 5.74) is 0. The second-order valence-corrected chi connectivity index (χ2v) is 4.77. The maximum atomic E-state index is 11.5. The molecular weight excluding hydrogens is 272 g/mol. The molecule has 0 aliphatic heterocycles. The van der Waals surface area contributed by atoms with Crippen molar-refractivity contribution in [1.82, 2.24) is 4.98 Å². The average molecular weight is 283 g/mol. The Bertz CT molecular complexity index is 499. The van der Waals surface area contributed by atoms with Crippen LogP contribution in [0.1, 0.15) is 6.42 Å². The zero-order valence-electron chi connectivity index (χ0n) is 9.43. The van der Waals surface area contributed by atoms with E-state index in [1.54, 1.807) is 35.8 Å². The van der Waals surface area contributed by atoms with Crippen molar-refractivity contribution < 1.29 is 9.53 Å². The van der Waals surface area contributed by atoms with E-state index in [0.717, 1.165) is 0 Å². The number of ether oxygens (including phenoxy) is 1. The van der Waals surface area contributed by atoms with E-state index >= 15 is 0 Å². The zero-order valence-corrected chi connectivity index (χ0v) is 11.0. The first kappa shape index (κ1) is 12.9. The summed E-state index contributed by atoms with van der Waals surface area (Å²) in [5, 5.41) is 5.75. The molecule has 4 nitrogen and oxygen atoms in total. The van der Waals surface area contributed by atoms with E-state index in [2.05, 4.69) is 10.3 Å². The number of nitrogens with one attached hydrogen (secondary N) is 1. The first-order chi connectivity index (χ1) is 8.74. The van der Waals surface area contributed by atoms with Crippen molar-refractivity contribution in [1.29, 1.82) is 0 Å². The molecule has 2 aromatic rings. The Hall–Kier alpha value is -1.59. The number of hydrogen-bond acceptors (Lipinski definition) is 4. The highest BCUT2D eigenvalue weighted by Gasteiger charge is 2.04. The number of nitrogens with zero attached hydrogens (tertiary/aromatic N) is 1.